The number of pyridine rings is 1. The summed E-state index contributed by atoms with van der Waals surface area (Å²) in [5.41, 5.74) is 15.7. The lowest BCUT2D eigenvalue weighted by atomic mass is 9.85. The van der Waals surface area contributed by atoms with Gasteiger partial charge in [-0.25, -0.2) is 14.5 Å². The smallest absolute Gasteiger partial charge is 0.177 e. The van der Waals surface area contributed by atoms with E-state index in [4.69, 9.17) is 16.5 Å². The van der Waals surface area contributed by atoms with Gasteiger partial charge in [-0.05, 0) is 44.2 Å². The fraction of sp³-hybridized carbons (Fsp3) is 0.389. The van der Waals surface area contributed by atoms with Crippen LogP contribution in [0.5, 0.6) is 0 Å². The number of nitrogens with two attached hydrogens (primary N) is 2. The molecule has 0 saturated heterocycles. The average molecular weight is 337 g/mol. The third-order valence-corrected chi connectivity index (χ3v) is 4.83. The molecule has 0 unspecified atom stereocenters. The highest BCUT2D eigenvalue weighted by Gasteiger charge is 2.23. The summed E-state index contributed by atoms with van der Waals surface area (Å²) in [4.78, 5) is 9.22. The molecule has 7 nitrogen and oxygen atoms in total. The molecule has 3 aromatic heterocycles. The van der Waals surface area contributed by atoms with Gasteiger partial charge in [0, 0.05) is 24.2 Å². The van der Waals surface area contributed by atoms with E-state index in [1.165, 1.54) is 0 Å². The Kier molecular flexibility index (Phi) is 4.01. The molecule has 0 bridgehead atoms. The Bertz CT molecular complexity index is 876. The summed E-state index contributed by atoms with van der Waals surface area (Å²) in [6, 6.07) is 6.07. The van der Waals surface area contributed by atoms with Gasteiger partial charge in [0.2, 0.25) is 0 Å². The Morgan fingerprint density at radius 1 is 1.20 bits per heavy atom. The van der Waals surface area contributed by atoms with Gasteiger partial charge in [0.1, 0.15) is 11.6 Å². The van der Waals surface area contributed by atoms with E-state index in [9.17, 15) is 0 Å². The zero-order chi connectivity index (χ0) is 17.4. The quantitative estimate of drug-likeness (QED) is 0.678. The summed E-state index contributed by atoms with van der Waals surface area (Å²) in [5.74, 6) is 1.64. The standard InChI is InChI=1S/C18H23N7/c1-11-2-7-17(21-9-11)22-14-8-16(20)24-25-10-15(23-18(14)25)12-3-5-13(19)6-4-12/h2,7-10,12-13H,3-6,19H2,1H3,(H2,20,24)(H,21,22)/t12-,13-. The molecule has 25 heavy (non-hydrogen) atoms. The minimum Gasteiger partial charge on any atom is -0.382 e. The van der Waals surface area contributed by atoms with Gasteiger partial charge >= 0.3 is 0 Å². The fourth-order valence-electron chi connectivity index (χ4n) is 3.40. The largest absolute Gasteiger partial charge is 0.382 e. The number of aromatic nitrogens is 4. The van der Waals surface area contributed by atoms with Gasteiger partial charge < -0.3 is 16.8 Å². The Morgan fingerprint density at radius 3 is 2.72 bits per heavy atom. The molecule has 0 spiro atoms. The first-order chi connectivity index (χ1) is 12.1. The maximum absolute atomic E-state index is 6.02. The predicted molar refractivity (Wildman–Crippen MR) is 98.8 cm³/mol. The van der Waals surface area contributed by atoms with Gasteiger partial charge in [0.15, 0.2) is 5.65 Å². The third kappa shape index (κ3) is 3.28. The van der Waals surface area contributed by atoms with E-state index in [2.05, 4.69) is 15.4 Å². The first kappa shape index (κ1) is 15.8. The number of hydrogen-bond acceptors (Lipinski definition) is 6. The van der Waals surface area contributed by atoms with Crippen LogP contribution in [-0.4, -0.2) is 25.6 Å². The Hall–Kier alpha value is -2.67. The zero-order valence-electron chi connectivity index (χ0n) is 14.3. The normalized spacial score (nSPS) is 20.7. The van der Waals surface area contributed by atoms with Crippen molar-refractivity contribution in [3.05, 3.63) is 41.9 Å². The van der Waals surface area contributed by atoms with Crippen molar-refractivity contribution in [2.75, 3.05) is 11.1 Å². The minimum absolute atomic E-state index is 0.326. The van der Waals surface area contributed by atoms with E-state index in [1.54, 1.807) is 10.6 Å². The van der Waals surface area contributed by atoms with Crippen molar-refractivity contribution in [2.24, 2.45) is 5.73 Å². The molecule has 1 fully saturated rings. The van der Waals surface area contributed by atoms with Crippen molar-refractivity contribution in [1.29, 1.82) is 0 Å². The van der Waals surface area contributed by atoms with Crippen LogP contribution < -0.4 is 16.8 Å². The van der Waals surface area contributed by atoms with E-state index in [0.29, 0.717) is 17.8 Å². The number of anilines is 3. The molecule has 0 aromatic carbocycles. The summed E-state index contributed by atoms with van der Waals surface area (Å²) < 4.78 is 1.76. The molecule has 0 amide bonds. The average Bonchev–Trinajstić information content (AvgIpc) is 3.01. The first-order valence-corrected chi connectivity index (χ1v) is 8.69. The predicted octanol–water partition coefficient (Wildman–Crippen LogP) is 2.74. The summed E-state index contributed by atoms with van der Waals surface area (Å²) in [6.07, 6.45) is 8.05. The van der Waals surface area contributed by atoms with E-state index in [-0.39, 0.29) is 0 Å². The number of hydrogen-bond donors (Lipinski definition) is 3. The Balaban J connectivity index is 1.68. The highest BCUT2D eigenvalue weighted by molar-refractivity contribution is 5.74. The molecule has 3 aromatic rings. The molecule has 4 rings (SSSR count). The fourth-order valence-corrected chi connectivity index (χ4v) is 3.40. The van der Waals surface area contributed by atoms with Crippen LogP contribution in [0.3, 0.4) is 0 Å². The molecule has 1 aliphatic carbocycles. The van der Waals surface area contributed by atoms with Gasteiger partial charge in [-0.2, -0.15) is 0 Å². The molecular weight excluding hydrogens is 314 g/mol. The number of aryl methyl sites for hydroxylation is 1. The van der Waals surface area contributed by atoms with E-state index in [1.807, 2.05) is 31.5 Å². The second-order valence-electron chi connectivity index (χ2n) is 6.87. The Morgan fingerprint density at radius 2 is 2.00 bits per heavy atom. The van der Waals surface area contributed by atoms with Crippen molar-refractivity contribution in [1.82, 2.24) is 19.6 Å². The third-order valence-electron chi connectivity index (χ3n) is 4.83. The van der Waals surface area contributed by atoms with Crippen LogP contribution in [0.25, 0.3) is 5.65 Å². The number of nitrogen functional groups attached to an aromatic ring is 1. The van der Waals surface area contributed by atoms with E-state index >= 15 is 0 Å². The van der Waals surface area contributed by atoms with Crippen LogP contribution in [0.2, 0.25) is 0 Å². The molecule has 130 valence electrons. The van der Waals surface area contributed by atoms with Crippen LogP contribution in [0, 0.1) is 6.92 Å². The number of nitrogens with one attached hydrogen (secondary N) is 1. The van der Waals surface area contributed by atoms with Crippen LogP contribution >= 0.6 is 0 Å². The number of imidazole rings is 1. The molecule has 0 aliphatic heterocycles. The minimum atomic E-state index is 0.326. The van der Waals surface area contributed by atoms with Gasteiger partial charge in [-0.1, -0.05) is 6.07 Å². The lowest BCUT2D eigenvalue weighted by Crippen LogP contribution is -2.25. The summed E-state index contributed by atoms with van der Waals surface area (Å²) in [6.45, 7) is 2.01. The second kappa shape index (κ2) is 6.33. The van der Waals surface area contributed by atoms with Crippen LogP contribution in [-0.2, 0) is 0 Å². The SMILES string of the molecule is Cc1ccc(Nc2cc(N)nn3cc([C@H]4CC[C@H](N)CC4)nc23)nc1. The molecule has 7 heteroatoms. The van der Waals surface area contributed by atoms with Gasteiger partial charge in [-0.15, -0.1) is 5.10 Å². The van der Waals surface area contributed by atoms with Gasteiger partial charge in [-0.3, -0.25) is 0 Å². The van der Waals surface area contributed by atoms with Crippen molar-refractivity contribution in [2.45, 2.75) is 44.6 Å². The lowest BCUT2D eigenvalue weighted by molar-refractivity contribution is 0.391. The van der Waals surface area contributed by atoms with Crippen molar-refractivity contribution in [3.8, 4) is 0 Å². The molecule has 0 radical (unpaired) electrons. The topological polar surface area (TPSA) is 107 Å². The van der Waals surface area contributed by atoms with Crippen molar-refractivity contribution in [3.63, 3.8) is 0 Å². The van der Waals surface area contributed by atoms with Crippen LogP contribution in [0.1, 0.15) is 42.9 Å². The molecular formula is C18H23N7. The maximum Gasteiger partial charge on any atom is 0.177 e. The lowest BCUT2D eigenvalue weighted by Gasteiger charge is -2.24. The van der Waals surface area contributed by atoms with Gasteiger partial charge in [0.05, 0.1) is 17.6 Å². The number of nitrogens with zero attached hydrogens (tertiary/aromatic N) is 4. The van der Waals surface area contributed by atoms with Crippen LogP contribution in [0.15, 0.2) is 30.6 Å². The highest BCUT2D eigenvalue weighted by Crippen LogP contribution is 2.33. The van der Waals surface area contributed by atoms with Crippen molar-refractivity contribution >= 4 is 23.0 Å². The van der Waals surface area contributed by atoms with E-state index in [0.717, 1.165) is 54.1 Å². The number of fused-ring (bicyclic) bond motifs is 1. The monoisotopic (exact) mass is 337 g/mol. The summed E-state index contributed by atoms with van der Waals surface area (Å²) in [7, 11) is 0. The van der Waals surface area contributed by atoms with Crippen LogP contribution in [0.4, 0.5) is 17.3 Å². The van der Waals surface area contributed by atoms with Gasteiger partial charge in [0.25, 0.3) is 0 Å². The second-order valence-corrected chi connectivity index (χ2v) is 6.87. The molecule has 3 heterocycles. The first-order valence-electron chi connectivity index (χ1n) is 8.69. The molecule has 1 saturated carbocycles. The van der Waals surface area contributed by atoms with E-state index < -0.39 is 0 Å². The van der Waals surface area contributed by atoms with Crippen molar-refractivity contribution < 1.29 is 0 Å². The highest BCUT2D eigenvalue weighted by atomic mass is 15.3. The summed E-state index contributed by atoms with van der Waals surface area (Å²) in [5, 5.41) is 7.67. The molecule has 0 atom stereocenters. The zero-order valence-corrected chi connectivity index (χ0v) is 14.3. The number of rotatable bonds is 3. The summed E-state index contributed by atoms with van der Waals surface area (Å²) >= 11 is 0. The molecule has 5 N–H and O–H groups in total. The Labute approximate surface area is 146 Å². The molecule has 1 aliphatic rings. The maximum atomic E-state index is 6.02.